The van der Waals surface area contributed by atoms with Crippen LogP contribution in [0.1, 0.15) is 50.5 Å². The Morgan fingerprint density at radius 1 is 1.24 bits per heavy atom. The van der Waals surface area contributed by atoms with Crippen LogP contribution >= 0.6 is 0 Å². The molecule has 116 valence electrons. The number of hydrogen-bond donors (Lipinski definition) is 1. The molecule has 2 aliphatic rings. The second-order valence-corrected chi connectivity index (χ2v) is 6.25. The van der Waals surface area contributed by atoms with Crippen molar-refractivity contribution in [2.75, 3.05) is 6.61 Å². The monoisotopic (exact) mass is 293 g/mol. The molecule has 2 N–H and O–H groups in total. The van der Waals surface area contributed by atoms with Crippen LogP contribution < -0.4 is 10.5 Å². The summed E-state index contributed by atoms with van der Waals surface area (Å²) in [5, 5.41) is 0. The molecule has 1 aromatic rings. The highest BCUT2D eigenvalue weighted by Gasteiger charge is 2.40. The number of ether oxygens (including phenoxy) is 2. The Hall–Kier alpha value is -1.13. The van der Waals surface area contributed by atoms with Gasteiger partial charge in [0, 0.05) is 12.1 Å². The molecule has 1 aliphatic carbocycles. The van der Waals surface area contributed by atoms with E-state index in [0.717, 1.165) is 12.8 Å². The molecule has 0 radical (unpaired) electrons. The third-order valence-electron chi connectivity index (χ3n) is 4.81. The summed E-state index contributed by atoms with van der Waals surface area (Å²) in [5.41, 5.74) is 6.14. The van der Waals surface area contributed by atoms with Gasteiger partial charge in [-0.1, -0.05) is 25.3 Å². The van der Waals surface area contributed by atoms with E-state index in [1.165, 1.54) is 38.2 Å². The average molecular weight is 293 g/mol. The number of halogens is 1. The van der Waals surface area contributed by atoms with Crippen molar-refractivity contribution in [2.45, 2.75) is 63.2 Å². The van der Waals surface area contributed by atoms with Crippen LogP contribution in [-0.2, 0) is 11.3 Å². The number of hydrogen-bond acceptors (Lipinski definition) is 3. The van der Waals surface area contributed by atoms with Gasteiger partial charge >= 0.3 is 0 Å². The van der Waals surface area contributed by atoms with E-state index in [1.54, 1.807) is 12.1 Å². The second-order valence-electron chi connectivity index (χ2n) is 6.25. The zero-order chi connectivity index (χ0) is 14.7. The molecule has 2 fully saturated rings. The molecule has 0 amide bonds. The molecule has 0 aromatic heterocycles. The highest BCUT2D eigenvalue weighted by atomic mass is 19.1. The lowest BCUT2D eigenvalue weighted by Gasteiger charge is -2.33. The van der Waals surface area contributed by atoms with Crippen molar-refractivity contribution in [1.29, 1.82) is 0 Å². The van der Waals surface area contributed by atoms with Gasteiger partial charge in [-0.15, -0.1) is 0 Å². The van der Waals surface area contributed by atoms with E-state index in [4.69, 9.17) is 15.2 Å². The van der Waals surface area contributed by atoms with Crippen LogP contribution in [0.15, 0.2) is 18.2 Å². The Labute approximate surface area is 125 Å². The summed E-state index contributed by atoms with van der Waals surface area (Å²) in [6.45, 7) is 0.635. The summed E-state index contributed by atoms with van der Waals surface area (Å²) >= 11 is 0. The maximum atomic E-state index is 13.6. The van der Waals surface area contributed by atoms with Crippen LogP contribution in [0.5, 0.6) is 5.75 Å². The van der Waals surface area contributed by atoms with Gasteiger partial charge in [0.1, 0.15) is 18.2 Å². The molecule has 1 heterocycles. The molecule has 1 atom stereocenters. The van der Waals surface area contributed by atoms with Gasteiger partial charge in [-0.25, -0.2) is 4.39 Å². The topological polar surface area (TPSA) is 44.5 Å². The standard InChI is InChI=1S/C17H24FNO2/c18-15-5-4-6-16(14(15)11-19)20-12-13-7-10-17(21-13)8-2-1-3-9-17/h4-6,13H,1-3,7-12,19H2. The maximum Gasteiger partial charge on any atom is 0.131 e. The van der Waals surface area contributed by atoms with Crippen LogP contribution in [0.4, 0.5) is 4.39 Å². The van der Waals surface area contributed by atoms with E-state index in [0.29, 0.717) is 17.9 Å². The van der Waals surface area contributed by atoms with Crippen molar-refractivity contribution in [2.24, 2.45) is 5.73 Å². The first-order valence-electron chi connectivity index (χ1n) is 8.00. The molecule has 1 saturated carbocycles. The molecule has 1 aliphatic heterocycles. The first kappa shape index (κ1) is 14.8. The minimum atomic E-state index is -0.300. The Kier molecular flexibility index (Phi) is 4.45. The molecule has 4 heteroatoms. The number of rotatable bonds is 4. The van der Waals surface area contributed by atoms with E-state index in [-0.39, 0.29) is 24.1 Å². The zero-order valence-electron chi connectivity index (χ0n) is 12.4. The molecule has 3 rings (SSSR count). The first-order valence-corrected chi connectivity index (χ1v) is 8.00. The van der Waals surface area contributed by atoms with Crippen molar-refractivity contribution in [3.05, 3.63) is 29.6 Å². The highest BCUT2D eigenvalue weighted by molar-refractivity contribution is 5.34. The van der Waals surface area contributed by atoms with E-state index < -0.39 is 0 Å². The minimum Gasteiger partial charge on any atom is -0.490 e. The van der Waals surface area contributed by atoms with Crippen LogP contribution in [0.25, 0.3) is 0 Å². The van der Waals surface area contributed by atoms with Gasteiger partial charge in [0.2, 0.25) is 0 Å². The summed E-state index contributed by atoms with van der Waals surface area (Å²) < 4.78 is 25.7. The smallest absolute Gasteiger partial charge is 0.131 e. The molecule has 1 aromatic carbocycles. The minimum absolute atomic E-state index is 0.102. The van der Waals surface area contributed by atoms with Gasteiger partial charge in [0.05, 0.1) is 11.7 Å². The van der Waals surface area contributed by atoms with Gasteiger partial charge < -0.3 is 15.2 Å². The quantitative estimate of drug-likeness (QED) is 0.923. The Balaban J connectivity index is 1.58. The first-order chi connectivity index (χ1) is 10.2. The van der Waals surface area contributed by atoms with Gasteiger partial charge in [0.25, 0.3) is 0 Å². The van der Waals surface area contributed by atoms with Crippen molar-refractivity contribution in [3.8, 4) is 5.75 Å². The fraction of sp³-hybridized carbons (Fsp3) is 0.647. The fourth-order valence-corrected chi connectivity index (χ4v) is 3.63. The number of benzene rings is 1. The van der Waals surface area contributed by atoms with Crippen LogP contribution in [0, 0.1) is 5.82 Å². The molecule has 0 bridgehead atoms. The lowest BCUT2D eigenvalue weighted by molar-refractivity contribution is -0.0749. The van der Waals surface area contributed by atoms with E-state index in [9.17, 15) is 4.39 Å². The van der Waals surface area contributed by atoms with E-state index in [1.807, 2.05) is 0 Å². The lowest BCUT2D eigenvalue weighted by Crippen LogP contribution is -2.33. The summed E-state index contributed by atoms with van der Waals surface area (Å²) in [4.78, 5) is 0. The van der Waals surface area contributed by atoms with Gasteiger partial charge in [-0.2, -0.15) is 0 Å². The normalized spacial score (nSPS) is 24.4. The van der Waals surface area contributed by atoms with Gasteiger partial charge in [-0.05, 0) is 37.8 Å². The second kappa shape index (κ2) is 6.32. The molecule has 1 saturated heterocycles. The van der Waals surface area contributed by atoms with E-state index in [2.05, 4.69) is 0 Å². The molecular formula is C17H24FNO2. The maximum absolute atomic E-state index is 13.6. The zero-order valence-corrected chi connectivity index (χ0v) is 12.4. The van der Waals surface area contributed by atoms with Gasteiger partial charge in [0.15, 0.2) is 0 Å². The van der Waals surface area contributed by atoms with Crippen LogP contribution in [0.3, 0.4) is 0 Å². The Bertz CT molecular complexity index is 486. The van der Waals surface area contributed by atoms with Crippen molar-refractivity contribution >= 4 is 0 Å². The largest absolute Gasteiger partial charge is 0.490 e. The van der Waals surface area contributed by atoms with Crippen LogP contribution in [-0.4, -0.2) is 18.3 Å². The molecule has 1 spiro atoms. The molecular weight excluding hydrogens is 269 g/mol. The molecule has 3 nitrogen and oxygen atoms in total. The summed E-state index contributed by atoms with van der Waals surface area (Å²) in [6, 6.07) is 4.84. The van der Waals surface area contributed by atoms with Crippen molar-refractivity contribution < 1.29 is 13.9 Å². The Morgan fingerprint density at radius 3 is 2.81 bits per heavy atom. The third kappa shape index (κ3) is 3.22. The molecule has 1 unspecified atom stereocenters. The van der Waals surface area contributed by atoms with Crippen molar-refractivity contribution in [1.82, 2.24) is 0 Å². The third-order valence-corrected chi connectivity index (χ3v) is 4.81. The van der Waals surface area contributed by atoms with Crippen molar-refractivity contribution in [3.63, 3.8) is 0 Å². The predicted molar refractivity (Wildman–Crippen MR) is 79.7 cm³/mol. The predicted octanol–water partition coefficient (Wildman–Crippen LogP) is 3.55. The fourth-order valence-electron chi connectivity index (χ4n) is 3.63. The van der Waals surface area contributed by atoms with Crippen LogP contribution in [0.2, 0.25) is 0 Å². The summed E-state index contributed by atoms with van der Waals surface area (Å²) in [7, 11) is 0. The van der Waals surface area contributed by atoms with E-state index >= 15 is 0 Å². The Morgan fingerprint density at radius 2 is 2.05 bits per heavy atom. The SMILES string of the molecule is NCc1c(F)cccc1OCC1CCC2(CCCCC2)O1. The number of nitrogens with two attached hydrogens (primary N) is 1. The highest BCUT2D eigenvalue weighted by Crippen LogP contribution is 2.42. The molecule has 21 heavy (non-hydrogen) atoms. The van der Waals surface area contributed by atoms with Gasteiger partial charge in [-0.3, -0.25) is 0 Å². The summed E-state index contributed by atoms with van der Waals surface area (Å²) in [5.74, 6) is 0.247. The summed E-state index contributed by atoms with van der Waals surface area (Å²) in [6.07, 6.45) is 8.52. The lowest BCUT2D eigenvalue weighted by atomic mass is 9.83. The average Bonchev–Trinajstić information content (AvgIpc) is 2.88.